The summed E-state index contributed by atoms with van der Waals surface area (Å²) in [5, 5.41) is 0. The first-order valence-corrected chi connectivity index (χ1v) is 6.88. The zero-order chi connectivity index (χ0) is 12.1. The van der Waals surface area contributed by atoms with E-state index in [4.69, 9.17) is 0 Å². The maximum atomic E-state index is 11.0. The first-order valence-electron chi connectivity index (χ1n) is 6.88. The molecule has 1 aliphatic carbocycles. The van der Waals surface area contributed by atoms with Crippen molar-refractivity contribution in [2.45, 2.75) is 45.4 Å². The summed E-state index contributed by atoms with van der Waals surface area (Å²) in [6.07, 6.45) is 8.85. The molecule has 2 atom stereocenters. The van der Waals surface area contributed by atoms with E-state index < -0.39 is 0 Å². The number of hydrogen-bond donors (Lipinski definition) is 0. The van der Waals surface area contributed by atoms with E-state index >= 15 is 0 Å². The van der Waals surface area contributed by atoms with Crippen LogP contribution in [0.5, 0.6) is 0 Å². The van der Waals surface area contributed by atoms with Crippen molar-refractivity contribution in [2.24, 2.45) is 11.8 Å². The largest absolute Gasteiger partial charge is 0.298 e. The number of benzene rings is 1. The molecule has 92 valence electrons. The SMILES string of the molecule is CCC1CCCCC1Cc1ccccc1C=O. The summed E-state index contributed by atoms with van der Waals surface area (Å²) in [4.78, 5) is 11.0. The average molecular weight is 230 g/mol. The Morgan fingerprint density at radius 3 is 2.59 bits per heavy atom. The number of carbonyl (C=O) groups is 1. The predicted octanol–water partition coefficient (Wildman–Crippen LogP) is 4.26. The van der Waals surface area contributed by atoms with Crippen LogP contribution in [0.15, 0.2) is 24.3 Å². The van der Waals surface area contributed by atoms with Crippen molar-refractivity contribution in [2.75, 3.05) is 0 Å². The van der Waals surface area contributed by atoms with Gasteiger partial charge in [-0.15, -0.1) is 0 Å². The van der Waals surface area contributed by atoms with E-state index in [0.29, 0.717) is 0 Å². The Labute approximate surface area is 104 Å². The lowest BCUT2D eigenvalue weighted by atomic mass is 9.74. The maximum absolute atomic E-state index is 11.0. The molecule has 1 heteroatoms. The van der Waals surface area contributed by atoms with Crippen LogP contribution in [-0.4, -0.2) is 6.29 Å². The van der Waals surface area contributed by atoms with Crippen LogP contribution in [0.4, 0.5) is 0 Å². The monoisotopic (exact) mass is 230 g/mol. The second-order valence-electron chi connectivity index (χ2n) is 5.23. The molecule has 0 radical (unpaired) electrons. The molecule has 1 fully saturated rings. The van der Waals surface area contributed by atoms with E-state index in [2.05, 4.69) is 13.0 Å². The summed E-state index contributed by atoms with van der Waals surface area (Å²) in [7, 11) is 0. The van der Waals surface area contributed by atoms with Crippen molar-refractivity contribution in [3.05, 3.63) is 35.4 Å². The van der Waals surface area contributed by atoms with Gasteiger partial charge in [-0.1, -0.05) is 56.9 Å². The maximum Gasteiger partial charge on any atom is 0.150 e. The van der Waals surface area contributed by atoms with Gasteiger partial charge in [0.25, 0.3) is 0 Å². The molecule has 1 aliphatic rings. The van der Waals surface area contributed by atoms with Crippen molar-refractivity contribution >= 4 is 6.29 Å². The van der Waals surface area contributed by atoms with Crippen LogP contribution >= 0.6 is 0 Å². The molecule has 0 saturated heterocycles. The van der Waals surface area contributed by atoms with E-state index in [-0.39, 0.29) is 0 Å². The van der Waals surface area contributed by atoms with Crippen LogP contribution in [0.25, 0.3) is 0 Å². The van der Waals surface area contributed by atoms with Crippen molar-refractivity contribution in [1.82, 2.24) is 0 Å². The summed E-state index contributed by atoms with van der Waals surface area (Å²) < 4.78 is 0. The first kappa shape index (κ1) is 12.3. The normalized spacial score (nSPS) is 24.5. The van der Waals surface area contributed by atoms with Crippen molar-refractivity contribution < 1.29 is 4.79 Å². The van der Waals surface area contributed by atoms with Gasteiger partial charge < -0.3 is 0 Å². The van der Waals surface area contributed by atoms with Gasteiger partial charge in [0.1, 0.15) is 6.29 Å². The van der Waals surface area contributed by atoms with Gasteiger partial charge in [0.05, 0.1) is 0 Å². The second-order valence-corrected chi connectivity index (χ2v) is 5.23. The first-order chi connectivity index (χ1) is 8.35. The van der Waals surface area contributed by atoms with Crippen LogP contribution < -0.4 is 0 Å². The van der Waals surface area contributed by atoms with E-state index in [0.717, 1.165) is 30.1 Å². The molecule has 0 amide bonds. The third-order valence-electron chi connectivity index (χ3n) is 4.26. The van der Waals surface area contributed by atoms with Gasteiger partial charge in [-0.05, 0) is 30.2 Å². The van der Waals surface area contributed by atoms with E-state index in [9.17, 15) is 4.79 Å². The summed E-state index contributed by atoms with van der Waals surface area (Å²) in [6.45, 7) is 2.30. The molecule has 1 saturated carbocycles. The Morgan fingerprint density at radius 2 is 1.88 bits per heavy atom. The Kier molecular flexibility index (Phi) is 4.36. The molecule has 1 nitrogen and oxygen atoms in total. The molecule has 17 heavy (non-hydrogen) atoms. The van der Waals surface area contributed by atoms with Gasteiger partial charge in [-0.25, -0.2) is 0 Å². The van der Waals surface area contributed by atoms with Gasteiger partial charge in [0, 0.05) is 5.56 Å². The van der Waals surface area contributed by atoms with Crippen LogP contribution in [0.2, 0.25) is 0 Å². The molecule has 0 aromatic heterocycles. The quantitative estimate of drug-likeness (QED) is 0.706. The highest BCUT2D eigenvalue weighted by atomic mass is 16.1. The van der Waals surface area contributed by atoms with Gasteiger partial charge in [-0.2, -0.15) is 0 Å². The molecule has 2 unspecified atom stereocenters. The summed E-state index contributed by atoms with van der Waals surface area (Å²) >= 11 is 0. The Hall–Kier alpha value is -1.11. The van der Waals surface area contributed by atoms with Gasteiger partial charge >= 0.3 is 0 Å². The number of carbonyl (C=O) groups excluding carboxylic acids is 1. The Bertz CT molecular complexity index is 370. The fourth-order valence-electron chi connectivity index (χ4n) is 3.21. The van der Waals surface area contributed by atoms with Crippen LogP contribution in [0.3, 0.4) is 0 Å². The third-order valence-corrected chi connectivity index (χ3v) is 4.26. The lowest BCUT2D eigenvalue weighted by Crippen LogP contribution is -2.21. The molecule has 0 N–H and O–H groups in total. The zero-order valence-electron chi connectivity index (χ0n) is 10.7. The van der Waals surface area contributed by atoms with Crippen molar-refractivity contribution in [3.8, 4) is 0 Å². The number of hydrogen-bond acceptors (Lipinski definition) is 1. The summed E-state index contributed by atoms with van der Waals surface area (Å²) in [6, 6.07) is 8.05. The van der Waals surface area contributed by atoms with Gasteiger partial charge in [-0.3, -0.25) is 4.79 Å². The molecule has 2 rings (SSSR count). The number of rotatable bonds is 4. The highest BCUT2D eigenvalue weighted by molar-refractivity contribution is 5.77. The van der Waals surface area contributed by atoms with Crippen LogP contribution in [0.1, 0.15) is 54.9 Å². The minimum Gasteiger partial charge on any atom is -0.298 e. The summed E-state index contributed by atoms with van der Waals surface area (Å²) in [5.41, 5.74) is 2.13. The molecule has 0 aliphatic heterocycles. The third kappa shape index (κ3) is 2.96. The van der Waals surface area contributed by atoms with E-state index in [1.807, 2.05) is 18.2 Å². The zero-order valence-corrected chi connectivity index (χ0v) is 10.7. The lowest BCUT2D eigenvalue weighted by molar-refractivity contribution is 0.112. The van der Waals surface area contributed by atoms with Gasteiger partial charge in [0.15, 0.2) is 0 Å². The van der Waals surface area contributed by atoms with Crippen molar-refractivity contribution in [3.63, 3.8) is 0 Å². The van der Waals surface area contributed by atoms with Gasteiger partial charge in [0.2, 0.25) is 0 Å². The van der Waals surface area contributed by atoms with E-state index in [1.54, 1.807) is 0 Å². The molecule has 0 heterocycles. The smallest absolute Gasteiger partial charge is 0.150 e. The number of aldehydes is 1. The Morgan fingerprint density at radius 1 is 1.18 bits per heavy atom. The minimum atomic E-state index is 0.787. The average Bonchev–Trinajstić information content (AvgIpc) is 2.40. The molecular formula is C16H22O. The Balaban J connectivity index is 2.10. The molecular weight excluding hydrogens is 208 g/mol. The highest BCUT2D eigenvalue weighted by Crippen LogP contribution is 2.34. The minimum absolute atomic E-state index is 0.787. The topological polar surface area (TPSA) is 17.1 Å². The fourth-order valence-corrected chi connectivity index (χ4v) is 3.21. The van der Waals surface area contributed by atoms with Crippen LogP contribution in [0, 0.1) is 11.8 Å². The highest BCUT2D eigenvalue weighted by Gasteiger charge is 2.24. The molecule has 1 aromatic carbocycles. The molecule has 0 spiro atoms. The summed E-state index contributed by atoms with van der Waals surface area (Å²) in [5.74, 6) is 1.65. The standard InChI is InChI=1S/C16H22O/c1-2-13-7-3-4-8-14(13)11-15-9-5-6-10-16(15)12-17/h5-6,9-10,12-14H,2-4,7-8,11H2,1H3. The predicted molar refractivity (Wildman–Crippen MR) is 71.3 cm³/mol. The van der Waals surface area contributed by atoms with E-state index in [1.165, 1.54) is 37.7 Å². The lowest BCUT2D eigenvalue weighted by Gasteiger charge is -2.31. The fraction of sp³-hybridized carbons (Fsp3) is 0.562. The second kappa shape index (κ2) is 6.00. The van der Waals surface area contributed by atoms with Crippen molar-refractivity contribution in [1.29, 1.82) is 0 Å². The van der Waals surface area contributed by atoms with Crippen LogP contribution in [-0.2, 0) is 6.42 Å². The molecule has 1 aromatic rings. The molecule has 0 bridgehead atoms.